The third kappa shape index (κ3) is 3.24. The number of benzene rings is 1. The van der Waals surface area contributed by atoms with E-state index in [1.54, 1.807) is 29.4 Å². The van der Waals surface area contributed by atoms with Crippen molar-refractivity contribution in [3.05, 3.63) is 65.5 Å². The van der Waals surface area contributed by atoms with E-state index in [2.05, 4.69) is 4.98 Å². The molecule has 1 aromatic heterocycles. The Kier molecular flexibility index (Phi) is 4.50. The summed E-state index contributed by atoms with van der Waals surface area (Å²) >= 11 is 0. The van der Waals surface area contributed by atoms with Gasteiger partial charge in [-0.15, -0.1) is 0 Å². The maximum absolute atomic E-state index is 13.3. The Morgan fingerprint density at radius 3 is 1.88 bits per heavy atom. The van der Waals surface area contributed by atoms with E-state index in [0.717, 1.165) is 12.1 Å². The highest BCUT2D eigenvalue weighted by Gasteiger charge is 2.25. The second-order valence-electron chi connectivity index (χ2n) is 5.45. The minimum atomic E-state index is -1.05. The van der Waals surface area contributed by atoms with E-state index in [1.807, 2.05) is 0 Å². The van der Waals surface area contributed by atoms with Gasteiger partial charge in [0, 0.05) is 49.7 Å². The lowest BCUT2D eigenvalue weighted by Gasteiger charge is -2.34. The van der Waals surface area contributed by atoms with E-state index < -0.39 is 11.6 Å². The molecule has 1 saturated heterocycles. The van der Waals surface area contributed by atoms with Crippen LogP contribution in [0, 0.1) is 11.6 Å². The lowest BCUT2D eigenvalue weighted by Crippen LogP contribution is -2.50. The predicted octanol–water partition coefficient (Wildman–Crippen LogP) is 1.96. The molecule has 0 aliphatic carbocycles. The largest absolute Gasteiger partial charge is 0.335 e. The molecule has 0 spiro atoms. The summed E-state index contributed by atoms with van der Waals surface area (Å²) in [5, 5.41) is 0. The second-order valence-corrected chi connectivity index (χ2v) is 5.45. The van der Waals surface area contributed by atoms with Gasteiger partial charge in [-0.3, -0.25) is 14.6 Å². The van der Waals surface area contributed by atoms with Crippen LogP contribution in [0.3, 0.4) is 0 Å². The number of hydrogen-bond acceptors (Lipinski definition) is 3. The van der Waals surface area contributed by atoms with Crippen LogP contribution in [0.15, 0.2) is 42.7 Å². The summed E-state index contributed by atoms with van der Waals surface area (Å²) in [6.45, 7) is 1.45. The molecule has 2 amide bonds. The highest BCUT2D eigenvalue weighted by Crippen LogP contribution is 2.14. The Hall–Kier alpha value is -2.83. The Balaban J connectivity index is 1.63. The van der Waals surface area contributed by atoms with Crippen molar-refractivity contribution >= 4 is 11.8 Å². The highest BCUT2D eigenvalue weighted by molar-refractivity contribution is 5.95. The number of aromatic nitrogens is 1. The normalized spacial score (nSPS) is 14.6. The van der Waals surface area contributed by atoms with Crippen LogP contribution in [0.4, 0.5) is 8.78 Å². The van der Waals surface area contributed by atoms with E-state index in [4.69, 9.17) is 0 Å². The lowest BCUT2D eigenvalue weighted by molar-refractivity contribution is 0.0535. The van der Waals surface area contributed by atoms with Crippen molar-refractivity contribution in [2.24, 2.45) is 0 Å². The zero-order valence-electron chi connectivity index (χ0n) is 12.8. The number of piperazine rings is 1. The predicted molar refractivity (Wildman–Crippen MR) is 82.4 cm³/mol. The summed E-state index contributed by atoms with van der Waals surface area (Å²) < 4.78 is 26.2. The third-order valence-corrected chi connectivity index (χ3v) is 3.95. The first-order chi connectivity index (χ1) is 11.6. The summed E-state index contributed by atoms with van der Waals surface area (Å²) in [5.74, 6) is -2.52. The number of carbonyl (C=O) groups is 2. The van der Waals surface area contributed by atoms with Crippen molar-refractivity contribution in [3.8, 4) is 0 Å². The molecule has 2 heterocycles. The average molecular weight is 331 g/mol. The van der Waals surface area contributed by atoms with Gasteiger partial charge >= 0.3 is 0 Å². The van der Waals surface area contributed by atoms with Crippen LogP contribution < -0.4 is 0 Å². The average Bonchev–Trinajstić information content (AvgIpc) is 2.63. The van der Waals surface area contributed by atoms with Crippen molar-refractivity contribution in [2.75, 3.05) is 26.2 Å². The van der Waals surface area contributed by atoms with Gasteiger partial charge < -0.3 is 9.80 Å². The first-order valence-corrected chi connectivity index (χ1v) is 7.50. The second kappa shape index (κ2) is 6.74. The fourth-order valence-electron chi connectivity index (χ4n) is 2.60. The van der Waals surface area contributed by atoms with Gasteiger partial charge in [0.05, 0.1) is 0 Å². The van der Waals surface area contributed by atoms with Crippen LogP contribution in [0.25, 0.3) is 0 Å². The van der Waals surface area contributed by atoms with Gasteiger partial charge in [0.2, 0.25) is 0 Å². The van der Waals surface area contributed by atoms with Gasteiger partial charge in [0.15, 0.2) is 11.6 Å². The van der Waals surface area contributed by atoms with Crippen molar-refractivity contribution in [2.45, 2.75) is 0 Å². The molecule has 0 radical (unpaired) electrons. The van der Waals surface area contributed by atoms with Crippen molar-refractivity contribution in [1.82, 2.24) is 14.8 Å². The monoisotopic (exact) mass is 331 g/mol. The number of pyridine rings is 1. The number of hydrogen-bond donors (Lipinski definition) is 0. The molecule has 2 aromatic rings. The standard InChI is InChI=1S/C17H15F2N3O2/c18-14-2-1-13(11-15(14)19)17(24)22-9-7-21(8-10-22)16(23)12-3-5-20-6-4-12/h1-6,11H,7-10H2. The Morgan fingerprint density at radius 2 is 1.33 bits per heavy atom. The van der Waals surface area contributed by atoms with Gasteiger partial charge in [-0.25, -0.2) is 8.78 Å². The van der Waals surface area contributed by atoms with E-state index in [-0.39, 0.29) is 17.4 Å². The van der Waals surface area contributed by atoms with E-state index in [0.29, 0.717) is 31.7 Å². The van der Waals surface area contributed by atoms with Gasteiger partial charge in [0.25, 0.3) is 11.8 Å². The molecule has 1 aliphatic rings. The first-order valence-electron chi connectivity index (χ1n) is 7.50. The van der Waals surface area contributed by atoms with Gasteiger partial charge in [0.1, 0.15) is 0 Å². The topological polar surface area (TPSA) is 53.5 Å². The van der Waals surface area contributed by atoms with Crippen LogP contribution >= 0.6 is 0 Å². The molecule has 0 unspecified atom stereocenters. The molecular formula is C17H15F2N3O2. The minimum Gasteiger partial charge on any atom is -0.335 e. The number of rotatable bonds is 2. The molecule has 1 aliphatic heterocycles. The fourth-order valence-corrected chi connectivity index (χ4v) is 2.60. The maximum atomic E-state index is 13.3. The Morgan fingerprint density at radius 1 is 0.792 bits per heavy atom. The number of amides is 2. The molecule has 1 aromatic carbocycles. The van der Waals surface area contributed by atoms with E-state index in [1.165, 1.54) is 11.0 Å². The van der Waals surface area contributed by atoms with Gasteiger partial charge in [-0.1, -0.05) is 0 Å². The number of nitrogens with zero attached hydrogens (tertiary/aromatic N) is 3. The summed E-state index contributed by atoms with van der Waals surface area (Å²) in [6.07, 6.45) is 3.10. The molecule has 124 valence electrons. The summed E-state index contributed by atoms with van der Waals surface area (Å²) in [7, 11) is 0. The number of carbonyl (C=O) groups excluding carboxylic acids is 2. The van der Waals surface area contributed by atoms with Crippen molar-refractivity contribution in [3.63, 3.8) is 0 Å². The summed E-state index contributed by atoms with van der Waals surface area (Å²) in [6, 6.07) is 6.37. The smallest absolute Gasteiger partial charge is 0.254 e. The summed E-state index contributed by atoms with van der Waals surface area (Å²) in [4.78, 5) is 31.7. The third-order valence-electron chi connectivity index (χ3n) is 3.95. The molecule has 24 heavy (non-hydrogen) atoms. The zero-order chi connectivity index (χ0) is 17.1. The molecule has 1 fully saturated rings. The number of halogens is 2. The van der Waals surface area contributed by atoms with Crippen LogP contribution in [-0.4, -0.2) is 52.8 Å². The highest BCUT2D eigenvalue weighted by atomic mass is 19.2. The Bertz CT molecular complexity index is 760. The molecule has 0 atom stereocenters. The van der Waals surface area contributed by atoms with Crippen LogP contribution in [0.2, 0.25) is 0 Å². The maximum Gasteiger partial charge on any atom is 0.254 e. The quantitative estimate of drug-likeness (QED) is 0.845. The SMILES string of the molecule is O=C(c1ccncc1)N1CCN(C(=O)c2ccc(F)c(F)c2)CC1. The van der Waals surface area contributed by atoms with E-state index >= 15 is 0 Å². The van der Waals surface area contributed by atoms with Crippen LogP contribution in [-0.2, 0) is 0 Å². The molecule has 3 rings (SSSR count). The first kappa shape index (κ1) is 16.0. The lowest BCUT2D eigenvalue weighted by atomic mass is 10.1. The molecule has 5 nitrogen and oxygen atoms in total. The molecule has 7 heteroatoms. The van der Waals surface area contributed by atoms with Crippen LogP contribution in [0.1, 0.15) is 20.7 Å². The molecule has 0 saturated carbocycles. The minimum absolute atomic E-state index is 0.0998. The Labute approximate surface area is 137 Å². The molecular weight excluding hydrogens is 316 g/mol. The van der Waals surface area contributed by atoms with E-state index in [9.17, 15) is 18.4 Å². The summed E-state index contributed by atoms with van der Waals surface area (Å²) in [5.41, 5.74) is 0.646. The van der Waals surface area contributed by atoms with Crippen molar-refractivity contribution < 1.29 is 18.4 Å². The van der Waals surface area contributed by atoms with Gasteiger partial charge in [-0.2, -0.15) is 0 Å². The molecule has 0 bridgehead atoms. The van der Waals surface area contributed by atoms with Gasteiger partial charge in [-0.05, 0) is 30.3 Å². The van der Waals surface area contributed by atoms with Crippen molar-refractivity contribution in [1.29, 1.82) is 0 Å². The fraction of sp³-hybridized carbons (Fsp3) is 0.235. The van der Waals surface area contributed by atoms with Crippen LogP contribution in [0.5, 0.6) is 0 Å². The molecule has 0 N–H and O–H groups in total. The zero-order valence-corrected chi connectivity index (χ0v) is 12.8.